The van der Waals surface area contributed by atoms with Crippen molar-refractivity contribution >= 4 is 50.4 Å². The summed E-state index contributed by atoms with van der Waals surface area (Å²) in [6.07, 6.45) is 11.9. The first-order valence-corrected chi connectivity index (χ1v) is 31.0. The standard InChI is InChI=1S/C34H61ClO4Si4/c1-24-21-27-28-16-15-25-22-26(36)17-19-32(25,2)34(28,35)31(38-42(9,10)11)23-29(27)33(24,39-43(12,13)14)30(37-41(6,7)8)18-20-40(3,4)5/h17-19,22,24,27-29,31H,15-16,20-21,23H2,1-14H3/b30-18-/t24-,27?,28?,29?,31-,32-,33+,34-/m0/s1. The van der Waals surface area contributed by atoms with Crippen molar-refractivity contribution in [3.8, 4) is 0 Å². The lowest BCUT2D eigenvalue weighted by Gasteiger charge is -2.63. The molecule has 0 aromatic carbocycles. The van der Waals surface area contributed by atoms with Crippen LogP contribution in [-0.4, -0.2) is 55.4 Å². The Morgan fingerprint density at radius 2 is 1.58 bits per heavy atom. The van der Waals surface area contributed by atoms with Gasteiger partial charge in [-0.25, -0.2) is 0 Å². The van der Waals surface area contributed by atoms with Crippen LogP contribution in [0.2, 0.25) is 84.6 Å². The summed E-state index contributed by atoms with van der Waals surface area (Å²) in [5.74, 6) is 2.43. The number of alkyl halides is 1. The Hall–Kier alpha value is -0.232. The van der Waals surface area contributed by atoms with E-state index in [0.717, 1.165) is 37.5 Å². The molecule has 9 heteroatoms. The summed E-state index contributed by atoms with van der Waals surface area (Å²) in [7, 11) is -7.36. The molecule has 0 N–H and O–H groups in total. The monoisotopic (exact) mass is 680 g/mol. The van der Waals surface area contributed by atoms with Crippen LogP contribution in [-0.2, 0) is 18.1 Å². The fourth-order valence-corrected chi connectivity index (χ4v) is 13.8. The number of hydrogen-bond donors (Lipinski definition) is 0. The van der Waals surface area contributed by atoms with Crippen LogP contribution in [0.25, 0.3) is 0 Å². The zero-order chi connectivity index (χ0) is 32.6. The molecule has 0 spiro atoms. The number of carbonyl (C=O) groups is 1. The van der Waals surface area contributed by atoms with Crippen molar-refractivity contribution in [1.29, 1.82) is 0 Å². The van der Waals surface area contributed by atoms with E-state index in [-0.39, 0.29) is 23.7 Å². The van der Waals surface area contributed by atoms with Crippen LogP contribution in [0, 0.1) is 29.1 Å². The maximum atomic E-state index is 12.5. The van der Waals surface area contributed by atoms with Crippen molar-refractivity contribution in [2.24, 2.45) is 29.1 Å². The second-order valence-corrected chi connectivity index (χ2v) is 37.9. The first-order chi connectivity index (χ1) is 19.3. The molecule has 8 atom stereocenters. The predicted octanol–water partition coefficient (Wildman–Crippen LogP) is 10.0. The van der Waals surface area contributed by atoms with Crippen LogP contribution >= 0.6 is 11.6 Å². The van der Waals surface area contributed by atoms with Crippen molar-refractivity contribution in [2.45, 2.75) is 141 Å². The fraction of sp³-hybridized carbons (Fsp3) is 0.794. The Morgan fingerprint density at radius 1 is 0.953 bits per heavy atom. The number of hydrogen-bond acceptors (Lipinski definition) is 4. The smallest absolute Gasteiger partial charge is 0.241 e. The summed E-state index contributed by atoms with van der Waals surface area (Å²) >= 11 is 8.19. The quantitative estimate of drug-likeness (QED) is 0.138. The Morgan fingerprint density at radius 3 is 2.12 bits per heavy atom. The lowest BCUT2D eigenvalue weighted by atomic mass is 9.49. The molecule has 0 aliphatic heterocycles. The van der Waals surface area contributed by atoms with E-state index in [1.807, 2.05) is 6.08 Å². The van der Waals surface area contributed by atoms with Gasteiger partial charge in [-0.3, -0.25) is 4.79 Å². The van der Waals surface area contributed by atoms with E-state index >= 15 is 0 Å². The number of carbonyl (C=O) groups excluding carboxylic acids is 1. The van der Waals surface area contributed by atoms with Crippen molar-refractivity contribution in [1.82, 2.24) is 0 Å². The minimum absolute atomic E-state index is 0.0836. The summed E-state index contributed by atoms with van der Waals surface area (Å²) < 4.78 is 22.0. The van der Waals surface area contributed by atoms with Crippen molar-refractivity contribution in [2.75, 3.05) is 0 Å². The van der Waals surface area contributed by atoms with Gasteiger partial charge < -0.3 is 13.3 Å². The van der Waals surface area contributed by atoms with E-state index in [1.165, 1.54) is 5.57 Å². The van der Waals surface area contributed by atoms with Crippen molar-refractivity contribution in [3.63, 3.8) is 0 Å². The Balaban J connectivity index is 1.94. The lowest BCUT2D eigenvalue weighted by molar-refractivity contribution is -0.111. The van der Waals surface area contributed by atoms with Gasteiger partial charge in [-0.2, -0.15) is 0 Å². The Bertz CT molecular complexity index is 1190. The molecule has 43 heavy (non-hydrogen) atoms. The van der Waals surface area contributed by atoms with Gasteiger partial charge in [0.1, 0.15) is 11.4 Å². The molecular formula is C34H61ClO4Si4. The number of halogens is 1. The molecule has 244 valence electrons. The molecule has 0 heterocycles. The third kappa shape index (κ3) is 6.91. The van der Waals surface area contributed by atoms with Crippen LogP contribution < -0.4 is 0 Å². The minimum atomic E-state index is -2.02. The van der Waals surface area contributed by atoms with Gasteiger partial charge >= 0.3 is 0 Å². The first kappa shape index (κ1) is 35.6. The summed E-state index contributed by atoms with van der Waals surface area (Å²) in [4.78, 5) is 11.9. The van der Waals surface area contributed by atoms with E-state index in [0.29, 0.717) is 11.8 Å². The van der Waals surface area contributed by atoms with Crippen LogP contribution in [0.4, 0.5) is 0 Å². The highest BCUT2D eigenvalue weighted by molar-refractivity contribution is 6.76. The molecule has 0 saturated heterocycles. The molecule has 0 aromatic heterocycles. The zero-order valence-corrected chi connectivity index (χ0v) is 34.5. The van der Waals surface area contributed by atoms with Crippen molar-refractivity contribution in [3.05, 3.63) is 35.6 Å². The second kappa shape index (κ2) is 11.5. The van der Waals surface area contributed by atoms with Gasteiger partial charge in [0.05, 0.1) is 11.0 Å². The second-order valence-electron chi connectivity index (χ2n) is 18.4. The third-order valence-corrected chi connectivity index (χ3v) is 15.3. The Kier molecular flexibility index (Phi) is 9.51. The van der Waals surface area contributed by atoms with E-state index in [2.05, 4.69) is 105 Å². The normalized spacial score (nSPS) is 38.8. The van der Waals surface area contributed by atoms with Crippen LogP contribution in [0.3, 0.4) is 0 Å². The molecule has 3 fully saturated rings. The Labute approximate surface area is 272 Å². The zero-order valence-electron chi connectivity index (χ0n) is 29.7. The lowest BCUT2D eigenvalue weighted by Crippen LogP contribution is -2.67. The average molecular weight is 682 g/mol. The molecule has 4 nitrogen and oxygen atoms in total. The predicted molar refractivity (Wildman–Crippen MR) is 193 cm³/mol. The van der Waals surface area contributed by atoms with Gasteiger partial charge in [0, 0.05) is 13.5 Å². The third-order valence-electron chi connectivity index (χ3n) is 10.2. The van der Waals surface area contributed by atoms with E-state index in [4.69, 9.17) is 24.9 Å². The van der Waals surface area contributed by atoms with E-state index < -0.39 is 48.9 Å². The molecule has 4 rings (SSSR count). The molecule has 3 saturated carbocycles. The van der Waals surface area contributed by atoms with Gasteiger partial charge in [-0.1, -0.05) is 45.1 Å². The van der Waals surface area contributed by atoms with E-state index in [9.17, 15) is 4.79 Å². The summed E-state index contributed by atoms with van der Waals surface area (Å²) in [5, 5.41) is 0. The molecular weight excluding hydrogens is 620 g/mol. The number of rotatable bonds is 9. The maximum Gasteiger partial charge on any atom is 0.241 e. The molecule has 4 aliphatic carbocycles. The molecule has 0 bridgehead atoms. The highest BCUT2D eigenvalue weighted by Gasteiger charge is 2.71. The van der Waals surface area contributed by atoms with Gasteiger partial charge in [-0.05, 0) is 133 Å². The largest absolute Gasteiger partial charge is 0.545 e. The van der Waals surface area contributed by atoms with Crippen LogP contribution in [0.15, 0.2) is 35.6 Å². The topological polar surface area (TPSA) is 44.8 Å². The van der Waals surface area contributed by atoms with Crippen LogP contribution in [0.5, 0.6) is 0 Å². The molecule has 0 amide bonds. The summed E-state index contributed by atoms with van der Waals surface area (Å²) in [6, 6.07) is 1.08. The van der Waals surface area contributed by atoms with Gasteiger partial charge in [0.2, 0.25) is 8.32 Å². The van der Waals surface area contributed by atoms with Crippen LogP contribution in [0.1, 0.15) is 39.5 Å². The number of allylic oxidation sites excluding steroid dienone is 5. The van der Waals surface area contributed by atoms with Gasteiger partial charge in [-0.15, -0.1) is 11.6 Å². The maximum absolute atomic E-state index is 12.5. The number of fused-ring (bicyclic) bond motifs is 5. The van der Waals surface area contributed by atoms with Gasteiger partial charge in [0.25, 0.3) is 0 Å². The molecule has 3 unspecified atom stereocenters. The van der Waals surface area contributed by atoms with Gasteiger partial charge in [0.15, 0.2) is 22.4 Å². The minimum Gasteiger partial charge on any atom is -0.545 e. The van der Waals surface area contributed by atoms with E-state index in [1.54, 1.807) is 6.08 Å². The fourth-order valence-electron chi connectivity index (χ4n) is 8.79. The molecule has 0 aromatic rings. The highest BCUT2D eigenvalue weighted by atomic mass is 35.5. The van der Waals surface area contributed by atoms with Crippen molar-refractivity contribution < 1.29 is 18.1 Å². The SMILES string of the molecule is C[C@H]1CC2C(C[C@H](O[Si](C)(C)C)[C@@]3(Cl)C2CCC2=CC(=O)C=C[C@@]23C)[C@@]1(O[Si](C)(C)C)/C(=C/C[Si](C)(C)C)O[Si](C)(C)C. The highest BCUT2D eigenvalue weighted by Crippen LogP contribution is 2.70. The summed E-state index contributed by atoms with van der Waals surface area (Å²) in [5.41, 5.74) is 0.284. The number of ketones is 1. The molecule has 4 aliphatic rings. The average Bonchev–Trinajstić information content (AvgIpc) is 3.06. The first-order valence-electron chi connectivity index (χ1n) is 16.7. The summed E-state index contributed by atoms with van der Waals surface area (Å²) in [6.45, 7) is 32.8. The molecule has 0 radical (unpaired) electrons.